The average molecular weight is 287 g/mol. The van der Waals surface area contributed by atoms with Crippen LogP contribution in [0.15, 0.2) is 23.6 Å². The van der Waals surface area contributed by atoms with Gasteiger partial charge in [0.15, 0.2) is 5.78 Å². The summed E-state index contributed by atoms with van der Waals surface area (Å²) in [5.74, 6) is 1.08. The highest BCUT2D eigenvalue weighted by Gasteiger charge is 2.17. The van der Waals surface area contributed by atoms with Crippen LogP contribution in [0.2, 0.25) is 0 Å². The van der Waals surface area contributed by atoms with Crippen molar-refractivity contribution in [1.29, 1.82) is 0 Å². The number of hydrogen-bond acceptors (Lipinski definition) is 4. The van der Waals surface area contributed by atoms with Crippen LogP contribution in [-0.2, 0) is 19.4 Å². The van der Waals surface area contributed by atoms with Crippen molar-refractivity contribution >= 4 is 17.1 Å². The van der Waals surface area contributed by atoms with E-state index in [4.69, 9.17) is 4.74 Å². The number of ketones is 1. The number of fused-ring (bicyclic) bond motifs is 1. The van der Waals surface area contributed by atoms with E-state index in [9.17, 15) is 4.79 Å². The Morgan fingerprint density at radius 2 is 2.25 bits per heavy atom. The highest BCUT2D eigenvalue weighted by molar-refractivity contribution is 7.09. The normalized spacial score (nSPS) is 14.2. The Morgan fingerprint density at radius 3 is 3.05 bits per heavy atom. The molecule has 0 bridgehead atoms. The molecule has 0 amide bonds. The van der Waals surface area contributed by atoms with Crippen molar-refractivity contribution in [2.75, 3.05) is 0 Å². The van der Waals surface area contributed by atoms with Gasteiger partial charge in [0.2, 0.25) is 0 Å². The molecule has 20 heavy (non-hydrogen) atoms. The van der Waals surface area contributed by atoms with Crippen LogP contribution in [0, 0.1) is 0 Å². The first-order valence-electron chi connectivity index (χ1n) is 6.98. The fourth-order valence-corrected chi connectivity index (χ4v) is 3.18. The molecule has 1 aliphatic rings. The van der Waals surface area contributed by atoms with Crippen molar-refractivity contribution in [3.05, 3.63) is 45.4 Å². The molecule has 1 heterocycles. The summed E-state index contributed by atoms with van der Waals surface area (Å²) in [5, 5.41) is 3.18. The SMILES string of the molecule is CCc1nc(COc2ccc3c(c2)CCCC3=O)cs1. The number of aryl methyl sites for hydroxylation is 2. The number of aromatic nitrogens is 1. The van der Waals surface area contributed by atoms with Crippen LogP contribution in [0.3, 0.4) is 0 Å². The van der Waals surface area contributed by atoms with E-state index >= 15 is 0 Å². The summed E-state index contributed by atoms with van der Waals surface area (Å²) in [6.07, 6.45) is 3.55. The van der Waals surface area contributed by atoms with E-state index in [0.29, 0.717) is 13.0 Å². The standard InChI is InChI=1S/C16H17NO2S/c1-2-16-17-12(10-20-16)9-19-13-6-7-14-11(8-13)4-3-5-15(14)18/h6-8,10H,2-5,9H2,1H3. The van der Waals surface area contributed by atoms with E-state index in [-0.39, 0.29) is 5.78 Å². The van der Waals surface area contributed by atoms with Gasteiger partial charge in [0.05, 0.1) is 10.7 Å². The number of carbonyl (C=O) groups excluding carboxylic acids is 1. The summed E-state index contributed by atoms with van der Waals surface area (Å²) in [4.78, 5) is 16.2. The third-order valence-electron chi connectivity index (χ3n) is 3.52. The molecule has 0 saturated carbocycles. The quantitative estimate of drug-likeness (QED) is 0.858. The van der Waals surface area contributed by atoms with Gasteiger partial charge >= 0.3 is 0 Å². The van der Waals surface area contributed by atoms with Crippen LogP contribution < -0.4 is 4.74 Å². The number of nitrogens with zero attached hydrogens (tertiary/aromatic N) is 1. The summed E-state index contributed by atoms with van der Waals surface area (Å²) < 4.78 is 5.78. The van der Waals surface area contributed by atoms with Crippen molar-refractivity contribution in [3.8, 4) is 5.75 Å². The Labute approximate surface area is 122 Å². The minimum Gasteiger partial charge on any atom is -0.487 e. The number of ether oxygens (including phenoxy) is 1. The maximum absolute atomic E-state index is 11.8. The van der Waals surface area contributed by atoms with Crippen LogP contribution in [0.1, 0.15) is 46.4 Å². The molecule has 1 aliphatic carbocycles. The van der Waals surface area contributed by atoms with Crippen molar-refractivity contribution < 1.29 is 9.53 Å². The summed E-state index contributed by atoms with van der Waals surface area (Å²) in [6, 6.07) is 5.78. The molecule has 0 saturated heterocycles. The van der Waals surface area contributed by atoms with Crippen LogP contribution in [-0.4, -0.2) is 10.8 Å². The molecule has 0 aliphatic heterocycles. The van der Waals surface area contributed by atoms with Gasteiger partial charge in [-0.15, -0.1) is 11.3 Å². The molecule has 0 atom stereocenters. The zero-order chi connectivity index (χ0) is 13.9. The fraction of sp³-hybridized carbons (Fsp3) is 0.375. The largest absolute Gasteiger partial charge is 0.487 e. The third kappa shape index (κ3) is 2.75. The summed E-state index contributed by atoms with van der Waals surface area (Å²) in [6.45, 7) is 2.59. The van der Waals surface area contributed by atoms with Crippen molar-refractivity contribution in [3.63, 3.8) is 0 Å². The van der Waals surface area contributed by atoms with E-state index in [2.05, 4.69) is 11.9 Å². The maximum Gasteiger partial charge on any atom is 0.163 e. The molecule has 1 aromatic heterocycles. The van der Waals surface area contributed by atoms with E-state index in [1.165, 1.54) is 0 Å². The van der Waals surface area contributed by atoms with Crippen molar-refractivity contribution in [2.24, 2.45) is 0 Å². The molecule has 0 N–H and O–H groups in total. The molecule has 3 rings (SSSR count). The highest BCUT2D eigenvalue weighted by Crippen LogP contribution is 2.26. The van der Waals surface area contributed by atoms with Crippen molar-refractivity contribution in [2.45, 2.75) is 39.2 Å². The summed E-state index contributed by atoms with van der Waals surface area (Å²) >= 11 is 1.67. The molecule has 104 valence electrons. The van der Waals surface area contributed by atoms with Gasteiger partial charge in [-0.05, 0) is 43.0 Å². The molecule has 0 unspecified atom stereocenters. The number of rotatable bonds is 4. The van der Waals surface area contributed by atoms with Gasteiger partial charge in [-0.25, -0.2) is 4.98 Å². The average Bonchev–Trinajstić information content (AvgIpc) is 2.93. The number of hydrogen-bond donors (Lipinski definition) is 0. The number of Topliss-reactive ketones (excluding diaryl/α,β-unsaturated/α-hetero) is 1. The first-order chi connectivity index (χ1) is 9.76. The molecule has 2 aromatic rings. The van der Waals surface area contributed by atoms with E-state index in [1.54, 1.807) is 11.3 Å². The zero-order valence-corrected chi connectivity index (χ0v) is 12.3. The second kappa shape index (κ2) is 5.75. The first kappa shape index (κ1) is 13.3. The molecule has 0 fully saturated rings. The van der Waals surface area contributed by atoms with E-state index < -0.39 is 0 Å². The number of thiazole rings is 1. The van der Waals surface area contributed by atoms with Gasteiger partial charge < -0.3 is 4.74 Å². The van der Waals surface area contributed by atoms with Gasteiger partial charge in [0.25, 0.3) is 0 Å². The number of carbonyl (C=O) groups is 1. The van der Waals surface area contributed by atoms with Crippen LogP contribution in [0.4, 0.5) is 0 Å². The maximum atomic E-state index is 11.8. The Balaban J connectivity index is 1.70. The Hall–Kier alpha value is -1.68. The van der Waals surface area contributed by atoms with E-state index in [0.717, 1.165) is 46.8 Å². The molecule has 1 aromatic carbocycles. The Kier molecular flexibility index (Phi) is 3.83. The smallest absolute Gasteiger partial charge is 0.163 e. The molecule has 4 heteroatoms. The highest BCUT2D eigenvalue weighted by atomic mass is 32.1. The molecule has 0 spiro atoms. The predicted molar refractivity (Wildman–Crippen MR) is 79.5 cm³/mol. The Bertz CT molecular complexity index is 633. The van der Waals surface area contributed by atoms with Crippen molar-refractivity contribution in [1.82, 2.24) is 4.98 Å². The van der Waals surface area contributed by atoms with Gasteiger partial charge in [0.1, 0.15) is 12.4 Å². The second-order valence-electron chi connectivity index (χ2n) is 4.97. The Morgan fingerprint density at radius 1 is 1.35 bits per heavy atom. The molecular formula is C16H17NO2S. The zero-order valence-electron chi connectivity index (χ0n) is 11.5. The van der Waals surface area contributed by atoms with Crippen LogP contribution in [0.25, 0.3) is 0 Å². The monoisotopic (exact) mass is 287 g/mol. The summed E-state index contributed by atoms with van der Waals surface area (Å²) in [7, 11) is 0. The topological polar surface area (TPSA) is 39.2 Å². The van der Waals surface area contributed by atoms with Gasteiger partial charge in [-0.1, -0.05) is 6.92 Å². The third-order valence-corrected chi connectivity index (χ3v) is 4.56. The minimum absolute atomic E-state index is 0.255. The molecule has 0 radical (unpaired) electrons. The molecule has 3 nitrogen and oxygen atoms in total. The first-order valence-corrected chi connectivity index (χ1v) is 7.86. The van der Waals surface area contributed by atoms with Gasteiger partial charge in [0, 0.05) is 17.4 Å². The van der Waals surface area contributed by atoms with E-state index in [1.807, 2.05) is 23.6 Å². The predicted octanol–water partition coefficient (Wildman–Crippen LogP) is 3.80. The van der Waals surface area contributed by atoms with Crippen LogP contribution >= 0.6 is 11.3 Å². The molecular weight excluding hydrogens is 270 g/mol. The number of benzene rings is 1. The fourth-order valence-electron chi connectivity index (χ4n) is 2.45. The van der Waals surface area contributed by atoms with Crippen LogP contribution in [0.5, 0.6) is 5.75 Å². The minimum atomic E-state index is 0.255. The lowest BCUT2D eigenvalue weighted by Crippen LogP contribution is -2.10. The van der Waals surface area contributed by atoms with Gasteiger partial charge in [-0.3, -0.25) is 4.79 Å². The summed E-state index contributed by atoms with van der Waals surface area (Å²) in [5.41, 5.74) is 2.96. The van der Waals surface area contributed by atoms with Gasteiger partial charge in [-0.2, -0.15) is 0 Å². The lowest BCUT2D eigenvalue weighted by molar-refractivity contribution is 0.0972. The second-order valence-corrected chi connectivity index (χ2v) is 5.91. The lowest BCUT2D eigenvalue weighted by Gasteiger charge is -2.15. The lowest BCUT2D eigenvalue weighted by atomic mass is 9.91.